The second-order valence-electron chi connectivity index (χ2n) is 6.35. The number of methoxy groups -OCH3 is 2. The second kappa shape index (κ2) is 10.4. The predicted octanol–water partition coefficient (Wildman–Crippen LogP) is 3.03. The Hall–Kier alpha value is -3.25. The summed E-state index contributed by atoms with van der Waals surface area (Å²) in [6, 6.07) is 5.52. The lowest BCUT2D eigenvalue weighted by Gasteiger charge is -2.08. The summed E-state index contributed by atoms with van der Waals surface area (Å²) < 4.78 is 11.4. The van der Waals surface area contributed by atoms with E-state index in [1.807, 2.05) is 29.7 Å². The van der Waals surface area contributed by atoms with Crippen molar-refractivity contribution in [3.8, 4) is 11.5 Å². The number of nitrogens with one attached hydrogen (secondary N) is 1. The third kappa shape index (κ3) is 4.81. The lowest BCUT2D eigenvalue weighted by molar-refractivity contribution is -0.113. The van der Waals surface area contributed by atoms with Crippen LogP contribution in [-0.2, 0) is 20.8 Å². The lowest BCUT2D eigenvalue weighted by atomic mass is 10.1. The van der Waals surface area contributed by atoms with E-state index in [4.69, 9.17) is 9.47 Å². The van der Waals surface area contributed by atoms with E-state index in [0.29, 0.717) is 28.8 Å². The van der Waals surface area contributed by atoms with Crippen molar-refractivity contribution < 1.29 is 23.9 Å². The molecule has 0 aliphatic rings. The van der Waals surface area contributed by atoms with Crippen molar-refractivity contribution in [3.63, 3.8) is 0 Å². The first-order chi connectivity index (χ1) is 15.4. The Balaban J connectivity index is 1.77. The average molecular weight is 476 g/mol. The summed E-state index contributed by atoms with van der Waals surface area (Å²) in [5, 5.41) is 11.9. The fourth-order valence-electron chi connectivity index (χ4n) is 2.89. The molecule has 0 aliphatic carbocycles. The van der Waals surface area contributed by atoms with Gasteiger partial charge < -0.3 is 19.4 Å². The maximum Gasteiger partial charge on any atom is 0.348 e. The lowest BCUT2D eigenvalue weighted by Crippen LogP contribution is -2.16. The average Bonchev–Trinajstić information content (AvgIpc) is 3.37. The summed E-state index contributed by atoms with van der Waals surface area (Å²) in [6.45, 7) is 4.15. The Morgan fingerprint density at radius 1 is 1.16 bits per heavy atom. The van der Waals surface area contributed by atoms with Gasteiger partial charge in [0.2, 0.25) is 5.91 Å². The molecule has 0 radical (unpaired) electrons. The predicted molar refractivity (Wildman–Crippen MR) is 120 cm³/mol. The molecule has 3 aromatic heterocycles. The maximum atomic E-state index is 12.6. The smallest absolute Gasteiger partial charge is 0.348 e. The zero-order valence-corrected chi connectivity index (χ0v) is 19.5. The van der Waals surface area contributed by atoms with E-state index in [1.54, 1.807) is 13.1 Å². The molecule has 0 saturated heterocycles. The largest absolute Gasteiger partial charge is 0.465 e. The molecule has 12 heteroatoms. The molecule has 10 nitrogen and oxygen atoms in total. The van der Waals surface area contributed by atoms with Gasteiger partial charge in [0.25, 0.3) is 0 Å². The number of thiophene rings is 1. The minimum Gasteiger partial charge on any atom is -0.465 e. The molecule has 3 rings (SSSR count). The maximum absolute atomic E-state index is 12.6. The Kier molecular flexibility index (Phi) is 7.59. The van der Waals surface area contributed by atoms with Gasteiger partial charge >= 0.3 is 11.9 Å². The van der Waals surface area contributed by atoms with Crippen LogP contribution in [0.2, 0.25) is 0 Å². The van der Waals surface area contributed by atoms with E-state index in [2.05, 4.69) is 20.5 Å². The highest BCUT2D eigenvalue weighted by Crippen LogP contribution is 2.34. The van der Waals surface area contributed by atoms with Crippen LogP contribution in [0.1, 0.15) is 32.5 Å². The third-order valence-corrected chi connectivity index (χ3v) is 6.57. The summed E-state index contributed by atoms with van der Waals surface area (Å²) in [6.07, 6.45) is 1.68. The third-order valence-electron chi connectivity index (χ3n) is 4.42. The van der Waals surface area contributed by atoms with Crippen molar-refractivity contribution in [2.75, 3.05) is 25.3 Å². The molecule has 0 bridgehead atoms. The number of nitrogens with zero attached hydrogens (tertiary/aromatic N) is 4. The Labute approximate surface area is 192 Å². The van der Waals surface area contributed by atoms with Crippen molar-refractivity contribution >= 4 is 45.9 Å². The summed E-state index contributed by atoms with van der Waals surface area (Å²) in [4.78, 5) is 41.3. The van der Waals surface area contributed by atoms with Gasteiger partial charge in [-0.2, -0.15) is 0 Å². The first-order valence-electron chi connectivity index (χ1n) is 9.48. The molecule has 0 atom stereocenters. The minimum absolute atomic E-state index is 0.0193. The van der Waals surface area contributed by atoms with E-state index in [9.17, 15) is 14.4 Å². The normalized spacial score (nSPS) is 10.6. The topological polar surface area (TPSA) is 125 Å². The highest BCUT2D eigenvalue weighted by molar-refractivity contribution is 7.99. The molecule has 0 aromatic carbocycles. The molecule has 0 saturated carbocycles. The van der Waals surface area contributed by atoms with Crippen molar-refractivity contribution in [2.45, 2.75) is 25.5 Å². The summed E-state index contributed by atoms with van der Waals surface area (Å²) in [5.74, 6) is -0.984. The highest BCUT2D eigenvalue weighted by atomic mass is 32.2. The molecule has 0 spiro atoms. The molecule has 168 valence electrons. The van der Waals surface area contributed by atoms with Gasteiger partial charge in [0, 0.05) is 12.7 Å². The first kappa shape index (κ1) is 23.4. The van der Waals surface area contributed by atoms with Gasteiger partial charge in [0.15, 0.2) is 11.0 Å². The summed E-state index contributed by atoms with van der Waals surface area (Å²) in [5.41, 5.74) is 1.21. The van der Waals surface area contributed by atoms with Crippen LogP contribution in [0.3, 0.4) is 0 Å². The van der Waals surface area contributed by atoms with Crippen molar-refractivity contribution in [1.82, 2.24) is 19.7 Å². The van der Waals surface area contributed by atoms with E-state index in [0.717, 1.165) is 11.3 Å². The van der Waals surface area contributed by atoms with Crippen molar-refractivity contribution in [2.24, 2.45) is 0 Å². The molecule has 0 unspecified atom stereocenters. The van der Waals surface area contributed by atoms with Gasteiger partial charge in [-0.25, -0.2) is 9.59 Å². The summed E-state index contributed by atoms with van der Waals surface area (Å²) in [7, 11) is 2.48. The summed E-state index contributed by atoms with van der Waals surface area (Å²) >= 11 is 2.17. The van der Waals surface area contributed by atoms with Crippen LogP contribution in [-0.4, -0.2) is 57.6 Å². The number of carbonyl (C=O) groups excluding carboxylic acids is 3. The van der Waals surface area contributed by atoms with Crippen LogP contribution in [0.5, 0.6) is 0 Å². The number of amides is 1. The van der Waals surface area contributed by atoms with Crippen LogP contribution in [0.4, 0.5) is 5.00 Å². The molecular formula is C20H21N5O5S2. The second-order valence-corrected chi connectivity index (χ2v) is 8.31. The van der Waals surface area contributed by atoms with Gasteiger partial charge in [0.05, 0.1) is 25.5 Å². The number of rotatable bonds is 8. The SMILES string of the molecule is CCn1c(SCC(=O)Nc2sc(C(=O)OC)c(C)c2C(=O)OC)nnc1-c1ccccn1. The number of anilines is 1. The molecule has 1 N–H and O–H groups in total. The number of ether oxygens (including phenoxy) is 2. The van der Waals surface area contributed by atoms with Crippen LogP contribution in [0, 0.1) is 6.92 Å². The zero-order valence-electron chi connectivity index (χ0n) is 17.9. The number of carbonyl (C=O) groups is 3. The van der Waals surface area contributed by atoms with Crippen LogP contribution < -0.4 is 5.32 Å². The van der Waals surface area contributed by atoms with Crippen LogP contribution in [0.25, 0.3) is 11.5 Å². The molecule has 0 aliphatic heterocycles. The van der Waals surface area contributed by atoms with Gasteiger partial charge in [-0.1, -0.05) is 17.8 Å². The molecular weight excluding hydrogens is 454 g/mol. The van der Waals surface area contributed by atoms with Crippen molar-refractivity contribution in [3.05, 3.63) is 40.4 Å². The Morgan fingerprint density at radius 3 is 2.53 bits per heavy atom. The first-order valence-corrected chi connectivity index (χ1v) is 11.3. The van der Waals surface area contributed by atoms with E-state index < -0.39 is 11.9 Å². The monoisotopic (exact) mass is 475 g/mol. The molecule has 3 heterocycles. The number of pyridine rings is 1. The number of hydrogen-bond acceptors (Lipinski definition) is 10. The fourth-order valence-corrected chi connectivity index (χ4v) is 4.83. The standard InChI is InChI=1S/C20H21N5O5S2/c1-5-25-16(12-8-6-7-9-21-12)23-24-20(25)31-10-13(26)22-17-14(18(27)29-3)11(2)15(32-17)19(28)30-4/h6-9H,5,10H2,1-4H3,(H,22,26). The molecule has 32 heavy (non-hydrogen) atoms. The van der Waals surface area contributed by atoms with Crippen LogP contribution in [0.15, 0.2) is 29.6 Å². The highest BCUT2D eigenvalue weighted by Gasteiger charge is 2.27. The fraction of sp³-hybridized carbons (Fsp3) is 0.300. The number of hydrogen-bond donors (Lipinski definition) is 1. The molecule has 1 amide bonds. The van der Waals surface area contributed by atoms with Gasteiger partial charge in [-0.05, 0) is 31.5 Å². The van der Waals surface area contributed by atoms with E-state index in [-0.39, 0.29) is 27.1 Å². The van der Waals surface area contributed by atoms with E-state index in [1.165, 1.54) is 26.0 Å². The van der Waals surface area contributed by atoms with Gasteiger partial charge in [-0.15, -0.1) is 21.5 Å². The minimum atomic E-state index is -0.650. The number of esters is 2. The molecule has 0 fully saturated rings. The zero-order chi connectivity index (χ0) is 23.3. The van der Waals surface area contributed by atoms with Gasteiger partial charge in [0.1, 0.15) is 15.6 Å². The quantitative estimate of drug-likeness (QED) is 0.386. The Bertz CT molecular complexity index is 1140. The number of thioether (sulfide) groups is 1. The molecule has 3 aromatic rings. The van der Waals surface area contributed by atoms with E-state index >= 15 is 0 Å². The van der Waals surface area contributed by atoms with Crippen molar-refractivity contribution in [1.29, 1.82) is 0 Å². The Morgan fingerprint density at radius 2 is 1.91 bits per heavy atom. The van der Waals surface area contributed by atoms with Crippen LogP contribution >= 0.6 is 23.1 Å². The number of aromatic nitrogens is 4. The van der Waals surface area contributed by atoms with Gasteiger partial charge in [-0.3, -0.25) is 9.78 Å².